The van der Waals surface area contributed by atoms with E-state index in [0.717, 1.165) is 38.5 Å². The van der Waals surface area contributed by atoms with Gasteiger partial charge in [0.05, 0.1) is 27.7 Å². The van der Waals surface area contributed by atoms with Gasteiger partial charge in [-0.2, -0.15) is 0 Å². The number of unbranched alkanes of at least 4 members (excludes halogenated alkanes) is 25. The summed E-state index contributed by atoms with van der Waals surface area (Å²) in [4.78, 5) is 35.1. The Kier molecular flexibility index (Phi) is 34.1. The van der Waals surface area contributed by atoms with Crippen LogP contribution in [0.1, 0.15) is 200 Å². The van der Waals surface area contributed by atoms with E-state index in [4.69, 9.17) is 18.5 Å². The molecule has 0 saturated heterocycles. The summed E-state index contributed by atoms with van der Waals surface area (Å²) in [7, 11) is 1.49. The lowest BCUT2D eigenvalue weighted by molar-refractivity contribution is -0.870. The molecule has 0 amide bonds. The molecule has 0 spiro atoms. The largest absolute Gasteiger partial charge is 0.472 e. The Balaban J connectivity index is 4.18. The molecule has 0 fully saturated rings. The summed E-state index contributed by atoms with van der Waals surface area (Å²) < 4.78 is 34.1. The first-order chi connectivity index (χ1) is 24.5. The molecule has 0 aliphatic heterocycles. The number of quaternary nitrogens is 1. The van der Waals surface area contributed by atoms with Crippen LogP contribution in [0, 0.1) is 0 Å². The van der Waals surface area contributed by atoms with Crippen molar-refractivity contribution in [3.8, 4) is 0 Å². The monoisotopic (exact) mass is 749 g/mol. The Morgan fingerprint density at radius 2 is 0.882 bits per heavy atom. The van der Waals surface area contributed by atoms with Crippen molar-refractivity contribution >= 4 is 19.8 Å². The second kappa shape index (κ2) is 34.8. The summed E-state index contributed by atoms with van der Waals surface area (Å²) in [5.41, 5.74) is 0. The van der Waals surface area contributed by atoms with Gasteiger partial charge in [-0.15, -0.1) is 0 Å². The van der Waals surface area contributed by atoms with Crippen LogP contribution in [0.15, 0.2) is 0 Å². The number of phosphoric acid groups is 1. The number of hydrogen-bond acceptors (Lipinski definition) is 7. The lowest BCUT2D eigenvalue weighted by Gasteiger charge is -2.24. The molecule has 0 aliphatic rings. The molecule has 0 aliphatic carbocycles. The van der Waals surface area contributed by atoms with E-state index in [0.29, 0.717) is 17.4 Å². The molecule has 9 nitrogen and oxygen atoms in total. The summed E-state index contributed by atoms with van der Waals surface area (Å²) in [6.45, 7) is 4.40. The number of carbonyl (C=O) groups excluding carboxylic acids is 2. The Morgan fingerprint density at radius 3 is 1.25 bits per heavy atom. The third-order valence-electron chi connectivity index (χ3n) is 9.39. The van der Waals surface area contributed by atoms with Crippen molar-refractivity contribution in [2.75, 3.05) is 47.5 Å². The van der Waals surface area contributed by atoms with Crippen LogP contribution >= 0.6 is 7.82 Å². The first-order valence-corrected chi connectivity index (χ1v) is 22.8. The molecule has 10 heteroatoms. The predicted octanol–water partition coefficient (Wildman–Crippen LogP) is 11.6. The number of likely N-dealkylation sites (N-methyl/N-ethyl adjacent to an activating group) is 1. The minimum Gasteiger partial charge on any atom is -0.462 e. The molecule has 0 saturated carbocycles. The van der Waals surface area contributed by atoms with Crippen molar-refractivity contribution in [2.45, 2.75) is 206 Å². The Bertz CT molecular complexity index is 850. The highest BCUT2D eigenvalue weighted by molar-refractivity contribution is 7.47. The van der Waals surface area contributed by atoms with Crippen LogP contribution in [-0.2, 0) is 32.7 Å². The van der Waals surface area contributed by atoms with E-state index in [1.807, 2.05) is 21.1 Å². The van der Waals surface area contributed by atoms with Crippen LogP contribution in [-0.4, -0.2) is 74.9 Å². The molecular weight excluding hydrogens is 665 g/mol. The highest BCUT2D eigenvalue weighted by Crippen LogP contribution is 2.43. The fourth-order valence-corrected chi connectivity index (χ4v) is 6.76. The van der Waals surface area contributed by atoms with Gasteiger partial charge in [-0.25, -0.2) is 4.57 Å². The molecule has 51 heavy (non-hydrogen) atoms. The number of carbonyl (C=O) groups is 2. The van der Waals surface area contributed by atoms with Gasteiger partial charge in [-0.05, 0) is 12.8 Å². The average molecular weight is 749 g/mol. The van der Waals surface area contributed by atoms with E-state index in [9.17, 15) is 19.0 Å². The zero-order chi connectivity index (χ0) is 37.9. The summed E-state index contributed by atoms with van der Waals surface area (Å²) in [6.07, 6.45) is 33.1. The SMILES string of the molecule is CCCCCCCCCCCCCCCCCCCCCCC(=O)OC(COC(=O)CCCCCCCCC)COP(=O)(O)OCC[N+](C)(C)C. The summed E-state index contributed by atoms with van der Waals surface area (Å²) in [6, 6.07) is 0. The number of nitrogens with zero attached hydrogens (tertiary/aromatic N) is 1. The van der Waals surface area contributed by atoms with Crippen molar-refractivity contribution in [1.29, 1.82) is 0 Å². The summed E-state index contributed by atoms with van der Waals surface area (Å²) in [5, 5.41) is 0. The Labute approximate surface area is 314 Å². The van der Waals surface area contributed by atoms with Crippen molar-refractivity contribution < 1.29 is 42.1 Å². The van der Waals surface area contributed by atoms with Crippen LogP contribution < -0.4 is 0 Å². The molecule has 0 aromatic rings. The van der Waals surface area contributed by atoms with Gasteiger partial charge in [0.1, 0.15) is 19.8 Å². The van der Waals surface area contributed by atoms with Gasteiger partial charge in [0.25, 0.3) is 0 Å². The number of esters is 2. The van der Waals surface area contributed by atoms with Gasteiger partial charge < -0.3 is 18.9 Å². The molecule has 0 radical (unpaired) electrons. The molecular formula is C41H83NO8P+. The van der Waals surface area contributed by atoms with E-state index in [1.54, 1.807) is 0 Å². The summed E-state index contributed by atoms with van der Waals surface area (Å²) in [5.74, 6) is -0.794. The van der Waals surface area contributed by atoms with Crippen molar-refractivity contribution in [2.24, 2.45) is 0 Å². The zero-order valence-corrected chi connectivity index (χ0v) is 35.0. The first-order valence-electron chi connectivity index (χ1n) is 21.3. The molecule has 2 atom stereocenters. The average Bonchev–Trinajstić information content (AvgIpc) is 3.07. The quantitative estimate of drug-likeness (QED) is 0.0286. The predicted molar refractivity (Wildman–Crippen MR) is 211 cm³/mol. The lowest BCUT2D eigenvalue weighted by Crippen LogP contribution is -2.37. The van der Waals surface area contributed by atoms with Gasteiger partial charge in [-0.1, -0.05) is 174 Å². The van der Waals surface area contributed by atoms with Gasteiger partial charge in [0.2, 0.25) is 0 Å². The van der Waals surface area contributed by atoms with Crippen LogP contribution in [0.4, 0.5) is 0 Å². The number of ether oxygens (including phenoxy) is 2. The molecule has 304 valence electrons. The summed E-state index contributed by atoms with van der Waals surface area (Å²) >= 11 is 0. The van der Waals surface area contributed by atoms with Gasteiger partial charge in [0, 0.05) is 12.8 Å². The molecule has 2 unspecified atom stereocenters. The van der Waals surface area contributed by atoms with Gasteiger partial charge >= 0.3 is 19.8 Å². The molecule has 0 bridgehead atoms. The maximum absolute atomic E-state index is 12.6. The van der Waals surface area contributed by atoms with Crippen LogP contribution in [0.3, 0.4) is 0 Å². The first kappa shape index (κ1) is 50.0. The third-order valence-corrected chi connectivity index (χ3v) is 10.4. The van der Waals surface area contributed by atoms with Crippen LogP contribution in [0.25, 0.3) is 0 Å². The molecule has 0 heterocycles. The Morgan fingerprint density at radius 1 is 0.529 bits per heavy atom. The zero-order valence-electron chi connectivity index (χ0n) is 34.1. The van der Waals surface area contributed by atoms with Crippen LogP contribution in [0.2, 0.25) is 0 Å². The van der Waals surface area contributed by atoms with Crippen molar-refractivity contribution in [3.63, 3.8) is 0 Å². The van der Waals surface area contributed by atoms with Gasteiger partial charge in [0.15, 0.2) is 6.10 Å². The normalized spacial score (nSPS) is 13.6. The third kappa shape index (κ3) is 38.5. The van der Waals surface area contributed by atoms with E-state index < -0.39 is 26.5 Å². The topological polar surface area (TPSA) is 108 Å². The van der Waals surface area contributed by atoms with Gasteiger partial charge in [-0.3, -0.25) is 18.6 Å². The van der Waals surface area contributed by atoms with Crippen LogP contribution in [0.5, 0.6) is 0 Å². The fraction of sp³-hybridized carbons (Fsp3) is 0.951. The van der Waals surface area contributed by atoms with E-state index in [-0.39, 0.29) is 25.6 Å². The minimum absolute atomic E-state index is 0.0363. The van der Waals surface area contributed by atoms with E-state index in [1.165, 1.54) is 135 Å². The second-order valence-corrected chi connectivity index (χ2v) is 17.2. The second-order valence-electron chi connectivity index (χ2n) is 15.7. The molecule has 1 N–H and O–H groups in total. The molecule has 0 rings (SSSR count). The van der Waals surface area contributed by atoms with Crippen molar-refractivity contribution in [3.05, 3.63) is 0 Å². The maximum atomic E-state index is 12.6. The number of hydrogen-bond donors (Lipinski definition) is 1. The van der Waals surface area contributed by atoms with E-state index >= 15 is 0 Å². The number of phosphoric ester groups is 1. The Hall–Kier alpha value is -0.990. The lowest BCUT2D eigenvalue weighted by atomic mass is 10.0. The van der Waals surface area contributed by atoms with Crippen molar-refractivity contribution in [1.82, 2.24) is 0 Å². The van der Waals surface area contributed by atoms with E-state index in [2.05, 4.69) is 13.8 Å². The minimum atomic E-state index is -4.36. The smallest absolute Gasteiger partial charge is 0.462 e. The molecule has 0 aromatic heterocycles. The highest BCUT2D eigenvalue weighted by atomic mass is 31.2. The fourth-order valence-electron chi connectivity index (χ4n) is 6.01. The number of rotatable bonds is 39. The standard InChI is InChI=1S/C41H82NO8P/c1-6-8-10-12-14-15-16-17-18-19-20-21-22-23-24-25-26-28-30-32-34-41(44)50-39(38-49-51(45,46)48-36-35-42(3,4)5)37-47-40(43)33-31-29-27-13-11-9-7-2/h39H,6-38H2,1-5H3/p+1. The maximum Gasteiger partial charge on any atom is 0.472 e. The molecule has 0 aromatic carbocycles. The highest BCUT2D eigenvalue weighted by Gasteiger charge is 2.27.